The molecule has 1 amide bonds. The number of nitrogen functional groups attached to an aromatic ring is 1. The maximum absolute atomic E-state index is 11.3. The van der Waals surface area contributed by atoms with Crippen molar-refractivity contribution in [1.29, 1.82) is 0 Å². The third-order valence-corrected chi connectivity index (χ3v) is 3.26. The van der Waals surface area contributed by atoms with Crippen LogP contribution in [-0.2, 0) is 17.9 Å². The summed E-state index contributed by atoms with van der Waals surface area (Å²) >= 11 is 0. The van der Waals surface area contributed by atoms with Gasteiger partial charge in [0.15, 0.2) is 0 Å². The van der Waals surface area contributed by atoms with Crippen molar-refractivity contribution in [2.75, 3.05) is 12.3 Å². The van der Waals surface area contributed by atoms with E-state index in [9.17, 15) is 4.79 Å². The van der Waals surface area contributed by atoms with Crippen LogP contribution in [0.2, 0.25) is 0 Å². The maximum atomic E-state index is 11.3. The molecular formula is C17H21N3O. The number of hydrogen-bond acceptors (Lipinski definition) is 3. The van der Waals surface area contributed by atoms with E-state index in [0.717, 1.165) is 16.8 Å². The lowest BCUT2D eigenvalue weighted by molar-refractivity contribution is -0.119. The molecule has 0 aliphatic rings. The molecule has 110 valence electrons. The van der Waals surface area contributed by atoms with Gasteiger partial charge in [-0.2, -0.15) is 0 Å². The van der Waals surface area contributed by atoms with Gasteiger partial charge in [-0.3, -0.25) is 9.69 Å². The van der Waals surface area contributed by atoms with E-state index in [0.29, 0.717) is 13.1 Å². The van der Waals surface area contributed by atoms with E-state index in [2.05, 4.69) is 31.2 Å². The number of carbonyl (C=O) groups is 1. The SMILES string of the molecule is Cc1ccc(CN(CC(N)=O)Cc2cccc(N)c2)cc1. The molecule has 2 rings (SSSR count). The average Bonchev–Trinajstić information content (AvgIpc) is 2.40. The van der Waals surface area contributed by atoms with E-state index in [-0.39, 0.29) is 12.5 Å². The van der Waals surface area contributed by atoms with Gasteiger partial charge in [-0.05, 0) is 30.2 Å². The number of aryl methyl sites for hydroxylation is 1. The fourth-order valence-electron chi connectivity index (χ4n) is 2.29. The van der Waals surface area contributed by atoms with Crippen LogP contribution in [0.15, 0.2) is 48.5 Å². The Labute approximate surface area is 125 Å². The van der Waals surface area contributed by atoms with E-state index in [1.54, 1.807) is 0 Å². The molecule has 0 saturated heterocycles. The van der Waals surface area contributed by atoms with Crippen molar-refractivity contribution in [3.05, 3.63) is 65.2 Å². The Bertz CT molecular complexity index is 608. The molecule has 0 atom stereocenters. The van der Waals surface area contributed by atoms with Gasteiger partial charge in [0.05, 0.1) is 6.54 Å². The molecule has 21 heavy (non-hydrogen) atoms. The topological polar surface area (TPSA) is 72.3 Å². The van der Waals surface area contributed by atoms with E-state index < -0.39 is 0 Å². The summed E-state index contributed by atoms with van der Waals surface area (Å²) in [5, 5.41) is 0. The molecule has 0 spiro atoms. The van der Waals surface area contributed by atoms with E-state index in [1.807, 2.05) is 29.2 Å². The summed E-state index contributed by atoms with van der Waals surface area (Å²) in [7, 11) is 0. The van der Waals surface area contributed by atoms with Gasteiger partial charge >= 0.3 is 0 Å². The second-order valence-electron chi connectivity index (χ2n) is 5.34. The first-order valence-corrected chi connectivity index (χ1v) is 6.93. The third-order valence-electron chi connectivity index (χ3n) is 3.26. The summed E-state index contributed by atoms with van der Waals surface area (Å²) in [6, 6.07) is 16.0. The normalized spacial score (nSPS) is 10.8. The number of rotatable bonds is 6. The zero-order valence-electron chi connectivity index (χ0n) is 12.3. The van der Waals surface area contributed by atoms with Crippen LogP contribution in [0, 0.1) is 6.92 Å². The molecule has 0 aliphatic carbocycles. The van der Waals surface area contributed by atoms with E-state index in [1.165, 1.54) is 5.56 Å². The van der Waals surface area contributed by atoms with Crippen molar-refractivity contribution in [3.8, 4) is 0 Å². The number of anilines is 1. The first kappa shape index (κ1) is 15.1. The largest absolute Gasteiger partial charge is 0.399 e. The van der Waals surface area contributed by atoms with Crippen LogP contribution in [0.1, 0.15) is 16.7 Å². The molecule has 2 aromatic rings. The summed E-state index contributed by atoms with van der Waals surface area (Å²) < 4.78 is 0. The minimum atomic E-state index is -0.328. The molecule has 0 fully saturated rings. The lowest BCUT2D eigenvalue weighted by atomic mass is 10.1. The molecule has 0 unspecified atom stereocenters. The van der Waals surface area contributed by atoms with Gasteiger partial charge in [-0.1, -0.05) is 42.0 Å². The molecule has 4 heteroatoms. The summed E-state index contributed by atoms with van der Waals surface area (Å²) in [6.45, 7) is 3.60. The second kappa shape index (κ2) is 6.90. The first-order chi connectivity index (χ1) is 10.0. The molecule has 0 aliphatic heterocycles. The highest BCUT2D eigenvalue weighted by molar-refractivity contribution is 5.75. The molecule has 0 radical (unpaired) electrons. The third kappa shape index (κ3) is 4.93. The Morgan fingerprint density at radius 2 is 1.71 bits per heavy atom. The predicted octanol–water partition coefficient (Wildman–Crippen LogP) is 2.06. The first-order valence-electron chi connectivity index (χ1n) is 6.93. The van der Waals surface area contributed by atoms with Crippen LogP contribution < -0.4 is 11.5 Å². The fraction of sp³-hybridized carbons (Fsp3) is 0.235. The van der Waals surface area contributed by atoms with Crippen molar-refractivity contribution in [1.82, 2.24) is 4.90 Å². The number of carbonyl (C=O) groups excluding carboxylic acids is 1. The Morgan fingerprint density at radius 3 is 2.33 bits per heavy atom. The lowest BCUT2D eigenvalue weighted by Gasteiger charge is -2.21. The molecule has 4 N–H and O–H groups in total. The lowest BCUT2D eigenvalue weighted by Crippen LogP contribution is -2.33. The standard InChI is InChI=1S/C17H21N3O/c1-13-5-7-14(8-6-13)10-20(12-17(19)21)11-15-3-2-4-16(18)9-15/h2-9H,10-12,18H2,1H3,(H2,19,21). The summed E-state index contributed by atoms with van der Waals surface area (Å²) in [5.74, 6) is -0.328. The van der Waals surface area contributed by atoms with Gasteiger partial charge in [0.25, 0.3) is 0 Å². The van der Waals surface area contributed by atoms with Crippen LogP contribution in [0.4, 0.5) is 5.69 Å². The summed E-state index contributed by atoms with van der Waals surface area (Å²) in [5.41, 5.74) is 15.3. The maximum Gasteiger partial charge on any atom is 0.231 e. The number of amides is 1. The molecule has 0 aromatic heterocycles. The zero-order valence-corrected chi connectivity index (χ0v) is 12.3. The van der Waals surface area contributed by atoms with Gasteiger partial charge in [-0.25, -0.2) is 0 Å². The van der Waals surface area contributed by atoms with Crippen molar-refractivity contribution in [2.24, 2.45) is 5.73 Å². The molecular weight excluding hydrogens is 262 g/mol. The predicted molar refractivity (Wildman–Crippen MR) is 85.3 cm³/mol. The van der Waals surface area contributed by atoms with E-state index in [4.69, 9.17) is 11.5 Å². The minimum absolute atomic E-state index is 0.225. The van der Waals surface area contributed by atoms with Gasteiger partial charge in [-0.15, -0.1) is 0 Å². The fourth-order valence-corrected chi connectivity index (χ4v) is 2.29. The van der Waals surface area contributed by atoms with Crippen LogP contribution in [0.25, 0.3) is 0 Å². The second-order valence-corrected chi connectivity index (χ2v) is 5.34. The number of hydrogen-bond donors (Lipinski definition) is 2. The zero-order chi connectivity index (χ0) is 15.2. The van der Waals surface area contributed by atoms with Gasteiger partial charge < -0.3 is 11.5 Å². The van der Waals surface area contributed by atoms with Crippen LogP contribution >= 0.6 is 0 Å². The average molecular weight is 283 g/mol. The smallest absolute Gasteiger partial charge is 0.231 e. The Morgan fingerprint density at radius 1 is 1.05 bits per heavy atom. The number of benzene rings is 2. The van der Waals surface area contributed by atoms with Crippen LogP contribution in [-0.4, -0.2) is 17.4 Å². The molecule has 0 saturated carbocycles. The Balaban J connectivity index is 2.10. The van der Waals surface area contributed by atoms with Gasteiger partial charge in [0.2, 0.25) is 5.91 Å². The molecule has 4 nitrogen and oxygen atoms in total. The Kier molecular flexibility index (Phi) is 4.95. The Hall–Kier alpha value is -2.33. The van der Waals surface area contributed by atoms with Gasteiger partial charge in [0, 0.05) is 18.8 Å². The number of nitrogens with two attached hydrogens (primary N) is 2. The van der Waals surface area contributed by atoms with Crippen LogP contribution in [0.5, 0.6) is 0 Å². The van der Waals surface area contributed by atoms with Gasteiger partial charge in [0.1, 0.15) is 0 Å². The highest BCUT2D eigenvalue weighted by atomic mass is 16.1. The van der Waals surface area contributed by atoms with Crippen molar-refractivity contribution >= 4 is 11.6 Å². The molecule has 2 aromatic carbocycles. The number of primary amides is 1. The number of nitrogens with zero attached hydrogens (tertiary/aromatic N) is 1. The monoisotopic (exact) mass is 283 g/mol. The van der Waals surface area contributed by atoms with Crippen LogP contribution in [0.3, 0.4) is 0 Å². The molecule has 0 heterocycles. The summed E-state index contributed by atoms with van der Waals surface area (Å²) in [4.78, 5) is 13.3. The summed E-state index contributed by atoms with van der Waals surface area (Å²) in [6.07, 6.45) is 0. The highest BCUT2D eigenvalue weighted by Gasteiger charge is 2.10. The van der Waals surface area contributed by atoms with E-state index >= 15 is 0 Å². The minimum Gasteiger partial charge on any atom is -0.399 e. The molecule has 0 bridgehead atoms. The van der Waals surface area contributed by atoms with Crippen molar-refractivity contribution in [3.63, 3.8) is 0 Å². The van der Waals surface area contributed by atoms with Crippen molar-refractivity contribution < 1.29 is 4.79 Å². The van der Waals surface area contributed by atoms with Crippen molar-refractivity contribution in [2.45, 2.75) is 20.0 Å². The highest BCUT2D eigenvalue weighted by Crippen LogP contribution is 2.13. The quantitative estimate of drug-likeness (QED) is 0.797.